The fraction of sp³-hybridized carbons (Fsp3) is 0.524. The van der Waals surface area contributed by atoms with Crippen molar-refractivity contribution >= 4 is 22.4 Å². The number of hydrogen-bond donors (Lipinski definition) is 0. The molecule has 0 fully saturated rings. The van der Waals surface area contributed by atoms with E-state index in [2.05, 4.69) is 37.3 Å². The summed E-state index contributed by atoms with van der Waals surface area (Å²) in [5.74, 6) is 2.70. The number of halogens is 1. The van der Waals surface area contributed by atoms with Crippen LogP contribution < -0.4 is 9.47 Å². The van der Waals surface area contributed by atoms with Crippen LogP contribution in [0.15, 0.2) is 30.3 Å². The minimum Gasteiger partial charge on any atom is -0.493 e. The Morgan fingerprint density at radius 2 is 1.79 bits per heavy atom. The van der Waals surface area contributed by atoms with Gasteiger partial charge in [0.15, 0.2) is 0 Å². The number of unbranched alkanes of at least 4 members (excludes halogenated alkanes) is 3. The lowest BCUT2D eigenvalue weighted by Gasteiger charge is -2.15. The van der Waals surface area contributed by atoms with Gasteiger partial charge >= 0.3 is 0 Å². The maximum absolute atomic E-state index is 6.05. The maximum Gasteiger partial charge on any atom is 0.123 e. The second-order valence-corrected chi connectivity index (χ2v) is 6.77. The molecule has 0 aliphatic heterocycles. The smallest absolute Gasteiger partial charge is 0.123 e. The summed E-state index contributed by atoms with van der Waals surface area (Å²) in [6.45, 7) is 7.05. The summed E-state index contributed by atoms with van der Waals surface area (Å²) in [5, 5.41) is 2.47. The Kier molecular flexibility index (Phi) is 7.71. The SMILES string of the molecule is CCc1c(OCCCCCCCl)ccc2cc(OC(C)C)ccc12. The van der Waals surface area contributed by atoms with E-state index in [0.717, 1.165) is 43.2 Å². The van der Waals surface area contributed by atoms with E-state index in [1.165, 1.54) is 29.2 Å². The van der Waals surface area contributed by atoms with Gasteiger partial charge in [0, 0.05) is 11.4 Å². The van der Waals surface area contributed by atoms with Crippen LogP contribution in [0.3, 0.4) is 0 Å². The molecular formula is C21H29ClO2. The molecule has 0 aliphatic rings. The zero-order valence-electron chi connectivity index (χ0n) is 15.1. The van der Waals surface area contributed by atoms with Crippen molar-refractivity contribution < 1.29 is 9.47 Å². The summed E-state index contributed by atoms with van der Waals surface area (Å²) < 4.78 is 11.8. The average Bonchev–Trinajstić information content (AvgIpc) is 2.57. The fourth-order valence-corrected chi connectivity index (χ4v) is 3.12. The van der Waals surface area contributed by atoms with Crippen molar-refractivity contribution in [2.45, 2.75) is 59.0 Å². The van der Waals surface area contributed by atoms with Gasteiger partial charge in [0.25, 0.3) is 0 Å². The van der Waals surface area contributed by atoms with Crippen LogP contribution in [0.5, 0.6) is 11.5 Å². The van der Waals surface area contributed by atoms with Crippen molar-refractivity contribution in [2.24, 2.45) is 0 Å². The van der Waals surface area contributed by atoms with E-state index in [0.29, 0.717) is 0 Å². The van der Waals surface area contributed by atoms with Gasteiger partial charge in [0.2, 0.25) is 0 Å². The molecule has 0 unspecified atom stereocenters. The average molecular weight is 349 g/mol. The van der Waals surface area contributed by atoms with Gasteiger partial charge in [-0.25, -0.2) is 0 Å². The van der Waals surface area contributed by atoms with Gasteiger partial charge in [-0.3, -0.25) is 0 Å². The highest BCUT2D eigenvalue weighted by Gasteiger charge is 2.09. The lowest BCUT2D eigenvalue weighted by Crippen LogP contribution is -2.05. The molecule has 2 aromatic rings. The predicted molar refractivity (Wildman–Crippen MR) is 104 cm³/mol. The molecule has 0 heterocycles. The summed E-state index contributed by atoms with van der Waals surface area (Å²) in [5.41, 5.74) is 1.28. The van der Waals surface area contributed by atoms with E-state index in [1.807, 2.05) is 13.8 Å². The molecular weight excluding hydrogens is 320 g/mol. The van der Waals surface area contributed by atoms with Gasteiger partial charge in [-0.2, -0.15) is 0 Å². The van der Waals surface area contributed by atoms with Crippen molar-refractivity contribution in [2.75, 3.05) is 12.5 Å². The Bertz CT molecular complexity index is 637. The van der Waals surface area contributed by atoms with E-state index in [1.54, 1.807) is 0 Å². The van der Waals surface area contributed by atoms with Gasteiger partial charge < -0.3 is 9.47 Å². The zero-order chi connectivity index (χ0) is 17.4. The van der Waals surface area contributed by atoms with Gasteiger partial charge in [0.1, 0.15) is 11.5 Å². The number of hydrogen-bond acceptors (Lipinski definition) is 2. The molecule has 0 aliphatic carbocycles. The molecule has 0 saturated carbocycles. The van der Waals surface area contributed by atoms with Crippen molar-refractivity contribution in [3.05, 3.63) is 35.9 Å². The van der Waals surface area contributed by atoms with Crippen LogP contribution >= 0.6 is 11.6 Å². The van der Waals surface area contributed by atoms with Crippen LogP contribution in [0.2, 0.25) is 0 Å². The first-order chi connectivity index (χ1) is 11.7. The Labute approximate surface area is 151 Å². The zero-order valence-corrected chi connectivity index (χ0v) is 15.9. The highest BCUT2D eigenvalue weighted by molar-refractivity contribution is 6.17. The molecule has 2 nitrogen and oxygen atoms in total. The van der Waals surface area contributed by atoms with Crippen LogP contribution in [0.25, 0.3) is 10.8 Å². The topological polar surface area (TPSA) is 18.5 Å². The predicted octanol–water partition coefficient (Wildman–Crippen LogP) is 6.37. The number of aryl methyl sites for hydroxylation is 1. The van der Waals surface area contributed by atoms with E-state index >= 15 is 0 Å². The summed E-state index contributed by atoms with van der Waals surface area (Å²) in [6.07, 6.45) is 5.69. The highest BCUT2D eigenvalue weighted by Crippen LogP contribution is 2.31. The first kappa shape index (κ1) is 18.9. The normalized spacial score (nSPS) is 11.2. The summed E-state index contributed by atoms with van der Waals surface area (Å²) >= 11 is 5.70. The Hall–Kier alpha value is -1.41. The Balaban J connectivity index is 2.08. The molecule has 2 rings (SSSR count). The molecule has 0 spiro atoms. The number of fused-ring (bicyclic) bond motifs is 1. The third kappa shape index (κ3) is 5.31. The minimum atomic E-state index is 0.189. The Morgan fingerprint density at radius 3 is 2.50 bits per heavy atom. The van der Waals surface area contributed by atoms with Gasteiger partial charge in [0.05, 0.1) is 12.7 Å². The quantitative estimate of drug-likeness (QED) is 0.367. The summed E-state index contributed by atoms with van der Waals surface area (Å²) in [7, 11) is 0. The third-order valence-electron chi connectivity index (χ3n) is 4.07. The molecule has 132 valence electrons. The first-order valence-electron chi connectivity index (χ1n) is 9.06. The highest BCUT2D eigenvalue weighted by atomic mass is 35.5. The van der Waals surface area contributed by atoms with Crippen molar-refractivity contribution in [3.8, 4) is 11.5 Å². The van der Waals surface area contributed by atoms with Crippen molar-refractivity contribution in [3.63, 3.8) is 0 Å². The van der Waals surface area contributed by atoms with Gasteiger partial charge in [-0.05, 0) is 62.1 Å². The number of ether oxygens (including phenoxy) is 2. The Morgan fingerprint density at radius 1 is 1.00 bits per heavy atom. The number of rotatable bonds is 10. The van der Waals surface area contributed by atoms with Crippen LogP contribution in [0.1, 0.15) is 52.0 Å². The molecule has 0 bridgehead atoms. The first-order valence-corrected chi connectivity index (χ1v) is 9.60. The molecule has 0 saturated heterocycles. The van der Waals surface area contributed by atoms with E-state index < -0.39 is 0 Å². The van der Waals surface area contributed by atoms with Crippen LogP contribution in [-0.2, 0) is 6.42 Å². The summed E-state index contributed by atoms with van der Waals surface area (Å²) in [6, 6.07) is 10.5. The molecule has 3 heteroatoms. The van der Waals surface area contributed by atoms with E-state index in [9.17, 15) is 0 Å². The monoisotopic (exact) mass is 348 g/mol. The molecule has 0 aromatic heterocycles. The fourth-order valence-electron chi connectivity index (χ4n) is 2.93. The summed E-state index contributed by atoms with van der Waals surface area (Å²) in [4.78, 5) is 0. The molecule has 0 atom stereocenters. The van der Waals surface area contributed by atoms with Crippen LogP contribution in [0, 0.1) is 0 Å². The lowest BCUT2D eigenvalue weighted by molar-refractivity contribution is 0.243. The van der Waals surface area contributed by atoms with Crippen LogP contribution in [-0.4, -0.2) is 18.6 Å². The second-order valence-electron chi connectivity index (χ2n) is 6.40. The minimum absolute atomic E-state index is 0.189. The number of benzene rings is 2. The molecule has 0 N–H and O–H groups in total. The second kappa shape index (κ2) is 9.78. The number of alkyl halides is 1. The van der Waals surface area contributed by atoms with Gasteiger partial charge in [-0.1, -0.05) is 31.9 Å². The molecule has 24 heavy (non-hydrogen) atoms. The molecule has 0 amide bonds. The van der Waals surface area contributed by atoms with Crippen LogP contribution in [0.4, 0.5) is 0 Å². The van der Waals surface area contributed by atoms with Crippen molar-refractivity contribution in [1.82, 2.24) is 0 Å². The van der Waals surface area contributed by atoms with Crippen molar-refractivity contribution in [1.29, 1.82) is 0 Å². The molecule has 0 radical (unpaired) electrons. The lowest BCUT2D eigenvalue weighted by atomic mass is 10.0. The third-order valence-corrected chi connectivity index (χ3v) is 4.34. The van der Waals surface area contributed by atoms with Gasteiger partial charge in [-0.15, -0.1) is 11.6 Å². The standard InChI is InChI=1S/C21H29ClO2/c1-4-19-20-11-10-18(24-16(2)3)15-17(20)9-12-21(19)23-14-8-6-5-7-13-22/h9-12,15-16H,4-8,13-14H2,1-3H3. The van der Waals surface area contributed by atoms with E-state index in [4.69, 9.17) is 21.1 Å². The molecule has 2 aromatic carbocycles. The van der Waals surface area contributed by atoms with E-state index in [-0.39, 0.29) is 6.10 Å². The maximum atomic E-state index is 6.05. The largest absolute Gasteiger partial charge is 0.493 e.